The van der Waals surface area contributed by atoms with Gasteiger partial charge in [-0.1, -0.05) is 0 Å². The number of benzene rings is 1. The van der Waals surface area contributed by atoms with E-state index < -0.39 is 0 Å². The molecule has 0 radical (unpaired) electrons. The molecule has 18 heavy (non-hydrogen) atoms. The highest BCUT2D eigenvalue weighted by atomic mass is 16.5. The molecule has 1 aromatic carbocycles. The van der Waals surface area contributed by atoms with Gasteiger partial charge in [-0.2, -0.15) is 0 Å². The van der Waals surface area contributed by atoms with Gasteiger partial charge in [0, 0.05) is 19.6 Å². The second kappa shape index (κ2) is 5.73. The van der Waals surface area contributed by atoms with Crippen LogP contribution < -0.4 is 10.1 Å². The minimum Gasteiger partial charge on any atom is -0.507 e. The van der Waals surface area contributed by atoms with Crippen molar-refractivity contribution in [3.05, 3.63) is 23.8 Å². The third-order valence-corrected chi connectivity index (χ3v) is 3.06. The molecule has 1 heterocycles. The fourth-order valence-electron chi connectivity index (χ4n) is 2.03. The van der Waals surface area contributed by atoms with Crippen molar-refractivity contribution in [1.82, 2.24) is 10.2 Å². The molecule has 0 aliphatic carbocycles. The molecule has 2 rings (SSSR count). The van der Waals surface area contributed by atoms with E-state index in [1.807, 2.05) is 0 Å². The minimum atomic E-state index is -0.143. The predicted molar refractivity (Wildman–Crippen MR) is 68.0 cm³/mol. The summed E-state index contributed by atoms with van der Waals surface area (Å²) in [6.07, 6.45) is 0.927. The van der Waals surface area contributed by atoms with Gasteiger partial charge in [-0.3, -0.25) is 4.79 Å². The molecule has 0 bridgehead atoms. The second-order valence-electron chi connectivity index (χ2n) is 4.28. The number of methoxy groups -OCH3 is 1. The maximum Gasteiger partial charge on any atom is 0.257 e. The van der Waals surface area contributed by atoms with Crippen molar-refractivity contribution in [2.75, 3.05) is 33.3 Å². The largest absolute Gasteiger partial charge is 0.507 e. The van der Waals surface area contributed by atoms with Gasteiger partial charge in [-0.05, 0) is 31.2 Å². The quantitative estimate of drug-likeness (QED) is 0.816. The van der Waals surface area contributed by atoms with E-state index >= 15 is 0 Å². The van der Waals surface area contributed by atoms with Crippen LogP contribution >= 0.6 is 0 Å². The number of nitrogens with one attached hydrogen (secondary N) is 1. The highest BCUT2D eigenvalue weighted by molar-refractivity contribution is 5.97. The number of ether oxygens (including phenoxy) is 1. The van der Waals surface area contributed by atoms with Gasteiger partial charge in [0.2, 0.25) is 0 Å². The molecular weight excluding hydrogens is 232 g/mol. The lowest BCUT2D eigenvalue weighted by Crippen LogP contribution is -2.34. The molecular formula is C13H18N2O3. The number of hydrogen-bond acceptors (Lipinski definition) is 4. The van der Waals surface area contributed by atoms with E-state index in [4.69, 9.17) is 4.74 Å². The topological polar surface area (TPSA) is 61.8 Å². The average Bonchev–Trinajstić information content (AvgIpc) is 2.67. The lowest BCUT2D eigenvalue weighted by Gasteiger charge is -2.20. The van der Waals surface area contributed by atoms with Crippen molar-refractivity contribution < 1.29 is 14.6 Å². The standard InChI is InChI=1S/C13H18N2O3/c1-18-10-3-4-12(16)11(9-10)13(17)15-7-2-5-14-6-8-15/h3-4,9,14,16H,2,5-8H2,1H3. The summed E-state index contributed by atoms with van der Waals surface area (Å²) in [4.78, 5) is 14.1. The molecule has 0 unspecified atom stereocenters. The van der Waals surface area contributed by atoms with Crippen molar-refractivity contribution in [2.45, 2.75) is 6.42 Å². The molecule has 1 aliphatic heterocycles. The minimum absolute atomic E-state index is 0.00185. The van der Waals surface area contributed by atoms with E-state index in [-0.39, 0.29) is 11.7 Å². The van der Waals surface area contributed by atoms with Gasteiger partial charge in [0.05, 0.1) is 12.7 Å². The van der Waals surface area contributed by atoms with E-state index in [1.54, 1.807) is 17.0 Å². The molecule has 0 saturated carbocycles. The highest BCUT2D eigenvalue weighted by Gasteiger charge is 2.20. The van der Waals surface area contributed by atoms with Gasteiger partial charge >= 0.3 is 0 Å². The number of phenolic OH excluding ortho intramolecular Hbond substituents is 1. The lowest BCUT2D eigenvalue weighted by atomic mass is 10.1. The number of hydrogen-bond donors (Lipinski definition) is 2. The number of phenols is 1. The average molecular weight is 250 g/mol. The first kappa shape index (κ1) is 12.7. The number of amides is 1. The monoisotopic (exact) mass is 250 g/mol. The summed E-state index contributed by atoms with van der Waals surface area (Å²) in [5, 5.41) is 13.0. The Morgan fingerprint density at radius 2 is 2.22 bits per heavy atom. The van der Waals surface area contributed by atoms with Crippen LogP contribution in [0.2, 0.25) is 0 Å². The van der Waals surface area contributed by atoms with Crippen LogP contribution in [0.5, 0.6) is 11.5 Å². The summed E-state index contributed by atoms with van der Waals surface area (Å²) in [5.41, 5.74) is 0.302. The van der Waals surface area contributed by atoms with Crippen LogP contribution in [0.25, 0.3) is 0 Å². The Morgan fingerprint density at radius 3 is 3.00 bits per heavy atom. The summed E-state index contributed by atoms with van der Waals surface area (Å²) >= 11 is 0. The number of carbonyl (C=O) groups excluding carboxylic acids is 1. The molecule has 0 aromatic heterocycles. The fourth-order valence-corrected chi connectivity index (χ4v) is 2.03. The molecule has 2 N–H and O–H groups in total. The van der Waals surface area contributed by atoms with Crippen molar-refractivity contribution in [3.8, 4) is 11.5 Å². The van der Waals surface area contributed by atoms with E-state index in [2.05, 4.69) is 5.32 Å². The molecule has 1 saturated heterocycles. The smallest absolute Gasteiger partial charge is 0.257 e. The lowest BCUT2D eigenvalue weighted by molar-refractivity contribution is 0.0763. The molecule has 0 spiro atoms. The van der Waals surface area contributed by atoms with Crippen LogP contribution in [-0.4, -0.2) is 49.2 Å². The van der Waals surface area contributed by atoms with E-state index in [1.165, 1.54) is 13.2 Å². The zero-order chi connectivity index (χ0) is 13.0. The van der Waals surface area contributed by atoms with Crippen molar-refractivity contribution in [2.24, 2.45) is 0 Å². The van der Waals surface area contributed by atoms with Crippen molar-refractivity contribution in [1.29, 1.82) is 0 Å². The number of aromatic hydroxyl groups is 1. The number of rotatable bonds is 2. The van der Waals surface area contributed by atoms with E-state index in [0.29, 0.717) is 24.4 Å². The molecule has 0 atom stereocenters. The summed E-state index contributed by atoms with van der Waals surface area (Å²) in [6.45, 7) is 3.09. The molecule has 5 nitrogen and oxygen atoms in total. The zero-order valence-corrected chi connectivity index (χ0v) is 10.5. The normalized spacial score (nSPS) is 16.2. The summed E-state index contributed by atoms with van der Waals surface area (Å²) in [6, 6.07) is 4.70. The number of carbonyl (C=O) groups is 1. The van der Waals surface area contributed by atoms with Crippen LogP contribution in [0.4, 0.5) is 0 Å². The van der Waals surface area contributed by atoms with Crippen LogP contribution in [0.3, 0.4) is 0 Å². The Hall–Kier alpha value is -1.75. The van der Waals surface area contributed by atoms with Gasteiger partial charge in [0.25, 0.3) is 5.91 Å². The van der Waals surface area contributed by atoms with Crippen molar-refractivity contribution in [3.63, 3.8) is 0 Å². The fraction of sp³-hybridized carbons (Fsp3) is 0.462. The first-order valence-corrected chi connectivity index (χ1v) is 6.09. The van der Waals surface area contributed by atoms with Gasteiger partial charge < -0.3 is 20.1 Å². The molecule has 1 aromatic rings. The van der Waals surface area contributed by atoms with Crippen LogP contribution in [0.1, 0.15) is 16.8 Å². The van der Waals surface area contributed by atoms with Crippen LogP contribution in [-0.2, 0) is 0 Å². The van der Waals surface area contributed by atoms with Gasteiger partial charge in [-0.25, -0.2) is 0 Å². The summed E-state index contributed by atoms with van der Waals surface area (Å²) < 4.78 is 5.08. The van der Waals surface area contributed by atoms with Gasteiger partial charge in [0.1, 0.15) is 11.5 Å². The Kier molecular flexibility index (Phi) is 4.04. The SMILES string of the molecule is COc1ccc(O)c(C(=O)N2CCCNCC2)c1. The molecule has 5 heteroatoms. The molecule has 98 valence electrons. The zero-order valence-electron chi connectivity index (χ0n) is 10.5. The van der Waals surface area contributed by atoms with Crippen molar-refractivity contribution >= 4 is 5.91 Å². The Labute approximate surface area is 106 Å². The van der Waals surface area contributed by atoms with Gasteiger partial charge in [0.15, 0.2) is 0 Å². The first-order chi connectivity index (χ1) is 8.72. The van der Waals surface area contributed by atoms with Gasteiger partial charge in [-0.15, -0.1) is 0 Å². The van der Waals surface area contributed by atoms with Crippen LogP contribution in [0, 0.1) is 0 Å². The Balaban J connectivity index is 2.21. The maximum atomic E-state index is 12.3. The van der Waals surface area contributed by atoms with Crippen LogP contribution in [0.15, 0.2) is 18.2 Å². The third-order valence-electron chi connectivity index (χ3n) is 3.06. The van der Waals surface area contributed by atoms with E-state index in [9.17, 15) is 9.90 Å². The molecule has 1 amide bonds. The van der Waals surface area contributed by atoms with E-state index in [0.717, 1.165) is 19.5 Å². The summed E-state index contributed by atoms with van der Waals surface area (Å²) in [5.74, 6) is 0.428. The summed E-state index contributed by atoms with van der Waals surface area (Å²) in [7, 11) is 1.54. The maximum absolute atomic E-state index is 12.3. The Morgan fingerprint density at radius 1 is 1.39 bits per heavy atom. The first-order valence-electron chi connectivity index (χ1n) is 6.09. The second-order valence-corrected chi connectivity index (χ2v) is 4.28. The molecule has 1 fully saturated rings. The Bertz CT molecular complexity index is 426. The third kappa shape index (κ3) is 2.73. The predicted octanol–water partition coefficient (Wildman–Crippen LogP) is 0.836. The molecule has 1 aliphatic rings. The number of nitrogens with zero attached hydrogens (tertiary/aromatic N) is 1. The highest BCUT2D eigenvalue weighted by Crippen LogP contribution is 2.24.